The molecule has 1 aromatic carbocycles. The Balaban J connectivity index is 1.84. The van der Waals surface area contributed by atoms with Gasteiger partial charge in [-0.1, -0.05) is 18.2 Å². The lowest BCUT2D eigenvalue weighted by atomic mass is 9.90. The van der Waals surface area contributed by atoms with E-state index < -0.39 is 17.7 Å². The Hall–Kier alpha value is -3.15. The maximum Gasteiger partial charge on any atom is 0.286 e. The van der Waals surface area contributed by atoms with E-state index in [1.54, 1.807) is 55.7 Å². The number of allylic oxidation sites excluding steroid dienone is 4. The molecule has 23 heavy (non-hydrogen) atoms. The highest BCUT2D eigenvalue weighted by Gasteiger charge is 2.33. The number of hydrogen-bond donors (Lipinski definition) is 2. The van der Waals surface area contributed by atoms with Gasteiger partial charge in [0.2, 0.25) is 0 Å². The van der Waals surface area contributed by atoms with Crippen LogP contribution in [0.5, 0.6) is 5.75 Å². The summed E-state index contributed by atoms with van der Waals surface area (Å²) in [6.45, 7) is 0. The van der Waals surface area contributed by atoms with Gasteiger partial charge in [-0.2, -0.15) is 0 Å². The number of ether oxygens (including phenoxy) is 1. The lowest BCUT2D eigenvalue weighted by Crippen LogP contribution is -2.30. The number of benzene rings is 1. The molecule has 0 bridgehead atoms. The van der Waals surface area contributed by atoms with Crippen molar-refractivity contribution in [3.63, 3.8) is 0 Å². The van der Waals surface area contributed by atoms with Crippen LogP contribution in [-0.2, 0) is 9.59 Å². The lowest BCUT2D eigenvalue weighted by molar-refractivity contribution is -0.119. The van der Waals surface area contributed by atoms with Crippen LogP contribution in [0.3, 0.4) is 0 Å². The summed E-state index contributed by atoms with van der Waals surface area (Å²) in [5, 5.41) is 12.9. The van der Waals surface area contributed by atoms with Crippen molar-refractivity contribution in [3.05, 3.63) is 59.9 Å². The number of carbonyl (C=O) groups is 2. The summed E-state index contributed by atoms with van der Waals surface area (Å²) in [4.78, 5) is 28.2. The first-order chi connectivity index (χ1) is 11.1. The maximum absolute atomic E-state index is 12.3. The van der Waals surface area contributed by atoms with E-state index in [0.717, 1.165) is 0 Å². The number of rotatable bonds is 3. The second kappa shape index (κ2) is 5.92. The van der Waals surface area contributed by atoms with Gasteiger partial charge in [-0.25, -0.2) is 4.99 Å². The van der Waals surface area contributed by atoms with Crippen molar-refractivity contribution in [1.29, 1.82) is 0 Å². The van der Waals surface area contributed by atoms with Crippen molar-refractivity contribution in [3.8, 4) is 5.75 Å². The first-order valence-corrected chi connectivity index (χ1v) is 6.96. The molecule has 1 unspecified atom stereocenters. The highest BCUT2D eigenvalue weighted by atomic mass is 16.5. The Bertz CT molecular complexity index is 785. The van der Waals surface area contributed by atoms with Gasteiger partial charge in [0.15, 0.2) is 0 Å². The minimum Gasteiger partial charge on any atom is -0.510 e. The van der Waals surface area contributed by atoms with E-state index in [1.165, 1.54) is 0 Å². The van der Waals surface area contributed by atoms with E-state index in [0.29, 0.717) is 17.1 Å². The van der Waals surface area contributed by atoms with Crippen LogP contribution in [0.1, 0.15) is 0 Å². The summed E-state index contributed by atoms with van der Waals surface area (Å²) in [5.74, 6) is -1.64. The van der Waals surface area contributed by atoms with Crippen LogP contribution in [0.4, 0.5) is 5.69 Å². The van der Waals surface area contributed by atoms with E-state index in [-0.39, 0.29) is 11.3 Å². The van der Waals surface area contributed by atoms with Gasteiger partial charge in [-0.3, -0.25) is 9.59 Å². The molecular formula is C17H14N2O4. The van der Waals surface area contributed by atoms with Crippen LogP contribution in [-0.4, -0.2) is 29.7 Å². The minimum atomic E-state index is -0.750. The van der Waals surface area contributed by atoms with Gasteiger partial charge < -0.3 is 15.2 Å². The van der Waals surface area contributed by atoms with Crippen molar-refractivity contribution < 1.29 is 19.4 Å². The molecule has 6 nitrogen and oxygen atoms in total. The van der Waals surface area contributed by atoms with Gasteiger partial charge in [-0.05, 0) is 30.3 Å². The van der Waals surface area contributed by atoms with Gasteiger partial charge in [0.25, 0.3) is 11.8 Å². The monoisotopic (exact) mass is 310 g/mol. The number of methoxy groups -OCH3 is 1. The Labute approximate surface area is 132 Å². The Morgan fingerprint density at radius 3 is 2.70 bits per heavy atom. The van der Waals surface area contributed by atoms with Gasteiger partial charge in [0.1, 0.15) is 17.1 Å². The number of nitrogens with zero attached hydrogens (tertiary/aromatic N) is 1. The number of nitrogens with one attached hydrogen (secondary N) is 1. The molecule has 0 aromatic heterocycles. The molecular weight excluding hydrogens is 296 g/mol. The van der Waals surface area contributed by atoms with Gasteiger partial charge >= 0.3 is 0 Å². The number of anilines is 1. The Kier molecular flexibility index (Phi) is 3.80. The number of aliphatic hydroxyl groups excluding tert-OH is 1. The van der Waals surface area contributed by atoms with E-state index in [2.05, 4.69) is 10.3 Å². The van der Waals surface area contributed by atoms with Crippen LogP contribution in [0.2, 0.25) is 0 Å². The zero-order valence-corrected chi connectivity index (χ0v) is 12.3. The highest BCUT2D eigenvalue weighted by Crippen LogP contribution is 2.26. The van der Waals surface area contributed by atoms with Gasteiger partial charge in [0, 0.05) is 5.69 Å². The predicted molar refractivity (Wildman–Crippen MR) is 85.5 cm³/mol. The summed E-state index contributed by atoms with van der Waals surface area (Å²) in [6, 6.07) is 6.63. The van der Waals surface area contributed by atoms with Crippen LogP contribution >= 0.6 is 0 Å². The standard InChI is InChI=1S/C17H14N2O4/c1-23-11-8-6-10(7-9-11)18-16(21)14-15(20)12-4-2-3-5-13(12)19-17(14)22/h2-9,12,20H,1H3,(H,18,21). The molecule has 1 atom stereocenters. The molecule has 2 N–H and O–H groups in total. The number of aliphatic hydroxyl groups is 1. The maximum atomic E-state index is 12.3. The number of amides is 2. The first kappa shape index (κ1) is 14.8. The number of carbonyl (C=O) groups excluding carboxylic acids is 2. The summed E-state index contributed by atoms with van der Waals surface area (Å²) >= 11 is 0. The van der Waals surface area contributed by atoms with Crippen molar-refractivity contribution in [2.75, 3.05) is 12.4 Å². The molecule has 0 saturated carbocycles. The Morgan fingerprint density at radius 2 is 2.00 bits per heavy atom. The molecule has 2 amide bonds. The molecule has 1 aromatic rings. The van der Waals surface area contributed by atoms with E-state index in [4.69, 9.17) is 4.74 Å². The van der Waals surface area contributed by atoms with Crippen LogP contribution < -0.4 is 10.1 Å². The molecule has 116 valence electrons. The van der Waals surface area contributed by atoms with Crippen molar-refractivity contribution in [2.24, 2.45) is 10.9 Å². The average Bonchev–Trinajstić information content (AvgIpc) is 2.55. The first-order valence-electron chi connectivity index (χ1n) is 6.96. The Morgan fingerprint density at radius 1 is 1.26 bits per heavy atom. The quantitative estimate of drug-likeness (QED) is 0.838. The fourth-order valence-corrected chi connectivity index (χ4v) is 2.39. The summed E-state index contributed by atoms with van der Waals surface area (Å²) in [7, 11) is 1.54. The van der Waals surface area contributed by atoms with Crippen molar-refractivity contribution >= 4 is 23.2 Å². The minimum absolute atomic E-state index is 0.286. The second-order valence-electron chi connectivity index (χ2n) is 5.01. The molecule has 0 radical (unpaired) electrons. The third-order valence-electron chi connectivity index (χ3n) is 3.57. The summed E-state index contributed by atoms with van der Waals surface area (Å²) < 4.78 is 5.04. The topological polar surface area (TPSA) is 88.0 Å². The second-order valence-corrected chi connectivity index (χ2v) is 5.01. The molecule has 0 fully saturated rings. The summed E-state index contributed by atoms with van der Waals surface area (Å²) in [6.07, 6.45) is 6.77. The normalized spacial score (nSPS) is 19.3. The fourth-order valence-electron chi connectivity index (χ4n) is 2.39. The van der Waals surface area contributed by atoms with Crippen LogP contribution in [0.25, 0.3) is 0 Å². The smallest absolute Gasteiger partial charge is 0.286 e. The van der Waals surface area contributed by atoms with Crippen LogP contribution in [0, 0.1) is 5.92 Å². The lowest BCUT2D eigenvalue weighted by Gasteiger charge is -2.21. The molecule has 2 aliphatic rings. The number of fused-ring (bicyclic) bond motifs is 1. The third-order valence-corrected chi connectivity index (χ3v) is 3.57. The van der Waals surface area contributed by atoms with Crippen LogP contribution in [0.15, 0.2) is 64.9 Å². The highest BCUT2D eigenvalue weighted by molar-refractivity contribution is 6.28. The largest absolute Gasteiger partial charge is 0.510 e. The molecule has 1 aliphatic carbocycles. The zero-order valence-electron chi connectivity index (χ0n) is 12.3. The molecule has 3 rings (SSSR count). The van der Waals surface area contributed by atoms with Crippen molar-refractivity contribution in [1.82, 2.24) is 0 Å². The molecule has 0 spiro atoms. The average molecular weight is 310 g/mol. The van der Waals surface area contributed by atoms with E-state index in [9.17, 15) is 14.7 Å². The van der Waals surface area contributed by atoms with Crippen molar-refractivity contribution in [2.45, 2.75) is 0 Å². The molecule has 1 aliphatic heterocycles. The predicted octanol–water partition coefficient (Wildman–Crippen LogP) is 2.17. The number of aliphatic imine (C=N–C) groups is 1. The molecule has 6 heteroatoms. The molecule has 1 heterocycles. The zero-order chi connectivity index (χ0) is 16.4. The number of dihydropyridines is 1. The SMILES string of the molecule is COc1ccc(NC(=O)C2=C(O)C3C=CC=CC3=NC2=O)cc1. The fraction of sp³-hybridized carbons (Fsp3) is 0.118. The van der Waals surface area contributed by atoms with E-state index in [1.807, 2.05) is 0 Å². The summed E-state index contributed by atoms with van der Waals surface area (Å²) in [5.41, 5.74) is 0.572. The van der Waals surface area contributed by atoms with E-state index >= 15 is 0 Å². The third kappa shape index (κ3) is 2.78. The van der Waals surface area contributed by atoms with Gasteiger partial charge in [-0.15, -0.1) is 0 Å². The number of hydrogen-bond acceptors (Lipinski definition) is 4. The molecule has 0 saturated heterocycles. The van der Waals surface area contributed by atoms with Gasteiger partial charge in [0.05, 0.1) is 18.7 Å².